The van der Waals surface area contributed by atoms with Crippen LogP contribution in [0.4, 0.5) is 5.69 Å². The third-order valence-corrected chi connectivity index (χ3v) is 5.98. The standard InChI is InChI=1S/C23H25N/c1-22(2)19-11-10-18(24)14-20(19)23(3)15-17(9-12-21(22)23)13-16-7-5-4-6-8-16/h4-12,14-15,21H,13,24H2,1-3H3/t21-,23?/m1/s1. The average Bonchev–Trinajstić information content (AvgIpc) is 2.71. The van der Waals surface area contributed by atoms with Crippen molar-refractivity contribution >= 4 is 5.69 Å². The lowest BCUT2D eigenvalue weighted by atomic mass is 9.66. The number of rotatable bonds is 2. The van der Waals surface area contributed by atoms with E-state index in [2.05, 4.69) is 81.5 Å². The van der Waals surface area contributed by atoms with Crippen molar-refractivity contribution in [3.8, 4) is 0 Å². The van der Waals surface area contributed by atoms with Crippen LogP contribution in [0.15, 0.2) is 72.3 Å². The SMILES string of the molecule is CC1(C)c2ccc(N)cc2C2(C)C=C(Cc3ccccc3)C=C[C@H]12. The summed E-state index contributed by atoms with van der Waals surface area (Å²) in [6, 6.07) is 17.2. The molecule has 2 aromatic carbocycles. The minimum Gasteiger partial charge on any atom is -0.399 e. The molecule has 2 N–H and O–H groups in total. The smallest absolute Gasteiger partial charge is 0.0317 e. The molecule has 2 aromatic rings. The molecule has 2 aliphatic carbocycles. The van der Waals surface area contributed by atoms with Gasteiger partial charge in [-0.05, 0) is 52.1 Å². The van der Waals surface area contributed by atoms with E-state index in [1.54, 1.807) is 0 Å². The van der Waals surface area contributed by atoms with Crippen molar-refractivity contribution in [1.29, 1.82) is 0 Å². The van der Waals surface area contributed by atoms with E-state index in [1.165, 1.54) is 22.3 Å². The Labute approximate surface area is 144 Å². The molecule has 4 rings (SSSR count). The molecule has 0 aliphatic heterocycles. The Bertz CT molecular complexity index is 842. The van der Waals surface area contributed by atoms with Gasteiger partial charge in [0.25, 0.3) is 0 Å². The Balaban J connectivity index is 1.79. The third kappa shape index (κ3) is 2.15. The predicted molar refractivity (Wildman–Crippen MR) is 102 cm³/mol. The van der Waals surface area contributed by atoms with E-state index in [9.17, 15) is 0 Å². The molecule has 1 nitrogen and oxygen atoms in total. The lowest BCUT2D eigenvalue weighted by Gasteiger charge is -2.37. The van der Waals surface area contributed by atoms with E-state index in [0.29, 0.717) is 5.92 Å². The lowest BCUT2D eigenvalue weighted by Crippen LogP contribution is -2.34. The Hall–Kier alpha value is -2.28. The number of hydrogen-bond donors (Lipinski definition) is 1. The first-order valence-electron chi connectivity index (χ1n) is 8.75. The van der Waals surface area contributed by atoms with Gasteiger partial charge in [0.15, 0.2) is 0 Å². The van der Waals surface area contributed by atoms with Gasteiger partial charge in [0, 0.05) is 11.1 Å². The second-order valence-electron chi connectivity index (χ2n) is 8.03. The molecule has 0 heterocycles. The van der Waals surface area contributed by atoms with Crippen LogP contribution in [0.3, 0.4) is 0 Å². The van der Waals surface area contributed by atoms with Gasteiger partial charge in [0.1, 0.15) is 0 Å². The molecule has 0 amide bonds. The zero-order chi connectivity index (χ0) is 16.9. The van der Waals surface area contributed by atoms with Gasteiger partial charge in [-0.2, -0.15) is 0 Å². The molecule has 0 saturated heterocycles. The van der Waals surface area contributed by atoms with Crippen LogP contribution in [0.25, 0.3) is 0 Å². The first kappa shape index (κ1) is 15.3. The maximum Gasteiger partial charge on any atom is 0.0317 e. The molecule has 0 bridgehead atoms. The van der Waals surface area contributed by atoms with Crippen LogP contribution in [0.5, 0.6) is 0 Å². The Morgan fingerprint density at radius 2 is 1.71 bits per heavy atom. The summed E-state index contributed by atoms with van der Waals surface area (Å²) >= 11 is 0. The largest absolute Gasteiger partial charge is 0.399 e. The number of anilines is 1. The maximum atomic E-state index is 6.12. The van der Waals surface area contributed by atoms with Crippen LogP contribution in [0.2, 0.25) is 0 Å². The fraction of sp³-hybridized carbons (Fsp3) is 0.304. The monoisotopic (exact) mass is 315 g/mol. The molecule has 2 aliphatic rings. The van der Waals surface area contributed by atoms with Crippen molar-refractivity contribution in [2.45, 2.75) is 38.0 Å². The Morgan fingerprint density at radius 1 is 0.958 bits per heavy atom. The minimum atomic E-state index is 0.0209. The molecule has 0 aromatic heterocycles. The predicted octanol–water partition coefficient (Wildman–Crippen LogP) is 5.17. The molecular formula is C23H25N. The Morgan fingerprint density at radius 3 is 2.46 bits per heavy atom. The fourth-order valence-corrected chi connectivity index (χ4v) is 4.86. The first-order chi connectivity index (χ1) is 11.4. The molecule has 0 saturated carbocycles. The zero-order valence-electron chi connectivity index (χ0n) is 14.7. The number of allylic oxidation sites excluding steroid dienone is 4. The number of hydrogen-bond acceptors (Lipinski definition) is 1. The summed E-state index contributed by atoms with van der Waals surface area (Å²) in [5.74, 6) is 0.473. The molecule has 24 heavy (non-hydrogen) atoms. The fourth-order valence-electron chi connectivity index (χ4n) is 4.86. The molecule has 1 heteroatoms. The van der Waals surface area contributed by atoms with Gasteiger partial charge < -0.3 is 5.73 Å². The summed E-state index contributed by atoms with van der Waals surface area (Å²) in [7, 11) is 0. The third-order valence-electron chi connectivity index (χ3n) is 5.98. The van der Waals surface area contributed by atoms with Crippen LogP contribution in [0, 0.1) is 5.92 Å². The number of nitrogen functional groups attached to an aromatic ring is 1. The Kier molecular flexibility index (Phi) is 3.25. The van der Waals surface area contributed by atoms with Crippen LogP contribution >= 0.6 is 0 Å². The van der Waals surface area contributed by atoms with E-state index in [0.717, 1.165) is 12.1 Å². The van der Waals surface area contributed by atoms with E-state index < -0.39 is 0 Å². The highest BCUT2D eigenvalue weighted by atomic mass is 14.6. The van der Waals surface area contributed by atoms with Gasteiger partial charge in [0.2, 0.25) is 0 Å². The molecule has 0 fully saturated rings. The quantitative estimate of drug-likeness (QED) is 0.760. The van der Waals surface area contributed by atoms with Gasteiger partial charge >= 0.3 is 0 Å². The molecule has 1 unspecified atom stereocenters. The summed E-state index contributed by atoms with van der Waals surface area (Å²) < 4.78 is 0. The van der Waals surface area contributed by atoms with Gasteiger partial charge in [-0.1, -0.05) is 75.4 Å². The number of fused-ring (bicyclic) bond motifs is 3. The second kappa shape index (κ2) is 5.11. The summed E-state index contributed by atoms with van der Waals surface area (Å²) in [6.45, 7) is 7.09. The van der Waals surface area contributed by atoms with Crippen LogP contribution in [-0.4, -0.2) is 0 Å². The van der Waals surface area contributed by atoms with Crippen molar-refractivity contribution in [3.63, 3.8) is 0 Å². The van der Waals surface area contributed by atoms with Gasteiger partial charge in [0.05, 0.1) is 0 Å². The van der Waals surface area contributed by atoms with Crippen LogP contribution in [0.1, 0.15) is 37.5 Å². The van der Waals surface area contributed by atoms with Crippen molar-refractivity contribution in [2.24, 2.45) is 5.92 Å². The lowest BCUT2D eigenvalue weighted by molar-refractivity contribution is 0.322. The van der Waals surface area contributed by atoms with Crippen molar-refractivity contribution in [3.05, 3.63) is 89.0 Å². The molecule has 0 spiro atoms. The van der Waals surface area contributed by atoms with Gasteiger partial charge in [-0.3, -0.25) is 0 Å². The number of benzene rings is 2. The summed E-state index contributed by atoms with van der Waals surface area (Å²) in [5, 5.41) is 0. The van der Waals surface area contributed by atoms with Crippen LogP contribution < -0.4 is 5.73 Å². The molecular weight excluding hydrogens is 290 g/mol. The highest BCUT2D eigenvalue weighted by Crippen LogP contribution is 2.57. The van der Waals surface area contributed by atoms with Gasteiger partial charge in [-0.15, -0.1) is 0 Å². The second-order valence-corrected chi connectivity index (χ2v) is 8.03. The van der Waals surface area contributed by atoms with Crippen molar-refractivity contribution in [1.82, 2.24) is 0 Å². The first-order valence-corrected chi connectivity index (χ1v) is 8.75. The van der Waals surface area contributed by atoms with Crippen molar-refractivity contribution < 1.29 is 0 Å². The van der Waals surface area contributed by atoms with E-state index in [-0.39, 0.29) is 10.8 Å². The normalized spacial score (nSPS) is 26.6. The van der Waals surface area contributed by atoms with E-state index in [1.807, 2.05) is 6.07 Å². The maximum absolute atomic E-state index is 6.12. The topological polar surface area (TPSA) is 26.0 Å². The average molecular weight is 315 g/mol. The minimum absolute atomic E-state index is 0.0209. The van der Waals surface area contributed by atoms with E-state index in [4.69, 9.17) is 5.73 Å². The highest BCUT2D eigenvalue weighted by molar-refractivity contribution is 5.59. The molecule has 0 radical (unpaired) electrons. The molecule has 2 atom stereocenters. The van der Waals surface area contributed by atoms with Crippen LogP contribution in [-0.2, 0) is 17.3 Å². The molecule has 122 valence electrons. The number of nitrogens with two attached hydrogens (primary N) is 1. The van der Waals surface area contributed by atoms with Gasteiger partial charge in [-0.25, -0.2) is 0 Å². The van der Waals surface area contributed by atoms with Crippen molar-refractivity contribution in [2.75, 3.05) is 5.73 Å². The summed E-state index contributed by atoms with van der Waals surface area (Å²) in [5.41, 5.74) is 12.7. The summed E-state index contributed by atoms with van der Waals surface area (Å²) in [6.07, 6.45) is 8.22. The van der Waals surface area contributed by atoms with E-state index >= 15 is 0 Å². The zero-order valence-corrected chi connectivity index (χ0v) is 14.7. The summed E-state index contributed by atoms with van der Waals surface area (Å²) in [4.78, 5) is 0. The highest BCUT2D eigenvalue weighted by Gasteiger charge is 2.52.